The predicted octanol–water partition coefficient (Wildman–Crippen LogP) is 2.24. The zero-order valence-electron chi connectivity index (χ0n) is 12.3. The lowest BCUT2D eigenvalue weighted by atomic mass is 10.1. The molecule has 1 N–H and O–H groups in total. The number of hydrogen-bond donors (Lipinski definition) is 1. The molecule has 6 nitrogen and oxygen atoms in total. The molecule has 0 fully saturated rings. The molecule has 0 aromatic carbocycles. The molecule has 2 aromatic rings. The number of pyridine rings is 1. The molecular formula is C14H20N4O2. The SMILES string of the molecule is Cc1nnc(COc2ccc(CNC(C)(C)C)nc2)o1. The van der Waals surface area contributed by atoms with Crippen LogP contribution in [0.5, 0.6) is 5.75 Å². The molecule has 108 valence electrons. The molecule has 0 saturated heterocycles. The van der Waals surface area contributed by atoms with Crippen LogP contribution in [-0.4, -0.2) is 20.7 Å². The second-order valence-electron chi connectivity index (χ2n) is 5.59. The fourth-order valence-corrected chi connectivity index (χ4v) is 1.50. The fraction of sp³-hybridized carbons (Fsp3) is 0.500. The van der Waals surface area contributed by atoms with E-state index in [0.717, 1.165) is 12.2 Å². The molecule has 0 aliphatic rings. The van der Waals surface area contributed by atoms with Crippen LogP contribution in [0.15, 0.2) is 22.7 Å². The zero-order chi connectivity index (χ0) is 14.6. The van der Waals surface area contributed by atoms with Crippen LogP contribution < -0.4 is 10.1 Å². The van der Waals surface area contributed by atoms with Gasteiger partial charge in [-0.05, 0) is 32.9 Å². The van der Waals surface area contributed by atoms with Gasteiger partial charge in [-0.2, -0.15) is 0 Å². The van der Waals surface area contributed by atoms with Gasteiger partial charge in [0.05, 0.1) is 11.9 Å². The van der Waals surface area contributed by atoms with E-state index in [2.05, 4.69) is 41.3 Å². The maximum Gasteiger partial charge on any atom is 0.253 e. The van der Waals surface area contributed by atoms with Gasteiger partial charge < -0.3 is 14.5 Å². The molecule has 2 rings (SSSR count). The summed E-state index contributed by atoms with van der Waals surface area (Å²) in [6.45, 7) is 9.09. The van der Waals surface area contributed by atoms with Crippen molar-refractivity contribution in [3.63, 3.8) is 0 Å². The van der Waals surface area contributed by atoms with Crippen molar-refractivity contribution in [3.8, 4) is 5.75 Å². The van der Waals surface area contributed by atoms with E-state index in [1.165, 1.54) is 0 Å². The second-order valence-corrected chi connectivity index (χ2v) is 5.59. The van der Waals surface area contributed by atoms with E-state index >= 15 is 0 Å². The molecule has 6 heteroatoms. The number of aryl methyl sites for hydroxylation is 1. The highest BCUT2D eigenvalue weighted by atomic mass is 16.5. The van der Waals surface area contributed by atoms with Crippen LogP contribution in [0.25, 0.3) is 0 Å². The van der Waals surface area contributed by atoms with Crippen molar-refractivity contribution < 1.29 is 9.15 Å². The number of aromatic nitrogens is 3. The Labute approximate surface area is 118 Å². The van der Waals surface area contributed by atoms with Gasteiger partial charge in [0.15, 0.2) is 6.61 Å². The van der Waals surface area contributed by atoms with Gasteiger partial charge in [-0.1, -0.05) is 0 Å². The van der Waals surface area contributed by atoms with Crippen LogP contribution >= 0.6 is 0 Å². The molecule has 0 atom stereocenters. The Hall–Kier alpha value is -1.95. The third-order valence-corrected chi connectivity index (χ3v) is 2.53. The average molecular weight is 276 g/mol. The van der Waals surface area contributed by atoms with Crippen molar-refractivity contribution in [1.82, 2.24) is 20.5 Å². The Kier molecular flexibility index (Phi) is 4.34. The summed E-state index contributed by atoms with van der Waals surface area (Å²) in [6, 6.07) is 3.82. The normalized spacial score (nSPS) is 11.6. The summed E-state index contributed by atoms with van der Waals surface area (Å²) in [5.74, 6) is 1.67. The van der Waals surface area contributed by atoms with Crippen LogP contribution in [0.3, 0.4) is 0 Å². The summed E-state index contributed by atoms with van der Waals surface area (Å²) in [5.41, 5.74) is 1.05. The average Bonchev–Trinajstić information content (AvgIpc) is 2.80. The highest BCUT2D eigenvalue weighted by Gasteiger charge is 2.09. The number of hydrogen-bond acceptors (Lipinski definition) is 6. The maximum absolute atomic E-state index is 5.53. The molecule has 0 spiro atoms. The van der Waals surface area contributed by atoms with Gasteiger partial charge in [0, 0.05) is 19.0 Å². The van der Waals surface area contributed by atoms with Crippen molar-refractivity contribution in [3.05, 3.63) is 35.8 Å². The van der Waals surface area contributed by atoms with E-state index < -0.39 is 0 Å². The smallest absolute Gasteiger partial charge is 0.253 e. The van der Waals surface area contributed by atoms with Gasteiger partial charge in [0.2, 0.25) is 5.89 Å². The minimum atomic E-state index is 0.0761. The maximum atomic E-state index is 5.53. The summed E-state index contributed by atoms with van der Waals surface area (Å²) >= 11 is 0. The molecule has 0 unspecified atom stereocenters. The molecule has 0 amide bonds. The highest BCUT2D eigenvalue weighted by molar-refractivity contribution is 5.20. The Morgan fingerprint density at radius 2 is 2.05 bits per heavy atom. The van der Waals surface area contributed by atoms with E-state index in [-0.39, 0.29) is 12.1 Å². The quantitative estimate of drug-likeness (QED) is 0.903. The standard InChI is InChI=1S/C14H20N4O2/c1-10-17-18-13(20-10)9-19-12-6-5-11(15-8-12)7-16-14(2,3)4/h5-6,8,16H,7,9H2,1-4H3. The molecule has 0 saturated carbocycles. The Balaban J connectivity index is 1.85. The van der Waals surface area contributed by atoms with Gasteiger partial charge in [-0.15, -0.1) is 10.2 Å². The third kappa shape index (κ3) is 4.62. The molecular weight excluding hydrogens is 256 g/mol. The van der Waals surface area contributed by atoms with E-state index in [9.17, 15) is 0 Å². The highest BCUT2D eigenvalue weighted by Crippen LogP contribution is 2.12. The van der Waals surface area contributed by atoms with Crippen LogP contribution in [0.2, 0.25) is 0 Å². The lowest BCUT2D eigenvalue weighted by molar-refractivity contribution is 0.259. The predicted molar refractivity (Wildman–Crippen MR) is 74.2 cm³/mol. The first-order chi connectivity index (χ1) is 9.42. The fourth-order valence-electron chi connectivity index (χ4n) is 1.50. The largest absolute Gasteiger partial charge is 0.482 e. The van der Waals surface area contributed by atoms with Crippen molar-refractivity contribution in [2.75, 3.05) is 0 Å². The van der Waals surface area contributed by atoms with E-state index in [4.69, 9.17) is 9.15 Å². The molecule has 0 aliphatic heterocycles. The second kappa shape index (κ2) is 6.00. The molecule has 2 heterocycles. The third-order valence-electron chi connectivity index (χ3n) is 2.53. The number of rotatable bonds is 5. The topological polar surface area (TPSA) is 73.1 Å². The molecule has 0 radical (unpaired) electrons. The first kappa shape index (κ1) is 14.5. The van der Waals surface area contributed by atoms with Crippen LogP contribution in [0, 0.1) is 6.92 Å². The van der Waals surface area contributed by atoms with Crippen molar-refractivity contribution >= 4 is 0 Å². The summed E-state index contributed by atoms with van der Waals surface area (Å²) in [4.78, 5) is 4.35. The Morgan fingerprint density at radius 1 is 1.25 bits per heavy atom. The van der Waals surface area contributed by atoms with E-state index in [0.29, 0.717) is 17.5 Å². The van der Waals surface area contributed by atoms with Gasteiger partial charge >= 0.3 is 0 Å². The lowest BCUT2D eigenvalue weighted by Crippen LogP contribution is -2.35. The Morgan fingerprint density at radius 3 is 2.60 bits per heavy atom. The van der Waals surface area contributed by atoms with Crippen LogP contribution in [0.4, 0.5) is 0 Å². The van der Waals surface area contributed by atoms with Gasteiger partial charge in [0.25, 0.3) is 5.89 Å². The van der Waals surface area contributed by atoms with Gasteiger partial charge in [0.1, 0.15) is 5.75 Å². The minimum absolute atomic E-state index is 0.0761. The molecule has 2 aromatic heterocycles. The first-order valence-corrected chi connectivity index (χ1v) is 6.54. The van der Waals surface area contributed by atoms with E-state index in [1.807, 2.05) is 12.1 Å². The van der Waals surface area contributed by atoms with Gasteiger partial charge in [-0.3, -0.25) is 4.98 Å². The van der Waals surface area contributed by atoms with Gasteiger partial charge in [-0.25, -0.2) is 0 Å². The minimum Gasteiger partial charge on any atom is -0.482 e. The lowest BCUT2D eigenvalue weighted by Gasteiger charge is -2.20. The number of nitrogens with zero attached hydrogens (tertiary/aromatic N) is 3. The summed E-state index contributed by atoms with van der Waals surface area (Å²) in [7, 11) is 0. The molecule has 0 bridgehead atoms. The summed E-state index contributed by atoms with van der Waals surface area (Å²) in [5, 5.41) is 11.0. The van der Waals surface area contributed by atoms with Crippen LogP contribution in [0.1, 0.15) is 38.2 Å². The van der Waals surface area contributed by atoms with Crippen molar-refractivity contribution in [2.45, 2.75) is 46.4 Å². The number of ether oxygens (including phenoxy) is 1. The summed E-state index contributed by atoms with van der Waals surface area (Å²) in [6.07, 6.45) is 1.70. The van der Waals surface area contributed by atoms with Crippen molar-refractivity contribution in [2.24, 2.45) is 0 Å². The molecule has 20 heavy (non-hydrogen) atoms. The summed E-state index contributed by atoms with van der Waals surface area (Å²) < 4.78 is 10.8. The number of nitrogens with one attached hydrogen (secondary N) is 1. The molecule has 0 aliphatic carbocycles. The van der Waals surface area contributed by atoms with Crippen molar-refractivity contribution in [1.29, 1.82) is 0 Å². The first-order valence-electron chi connectivity index (χ1n) is 6.54. The monoisotopic (exact) mass is 276 g/mol. The zero-order valence-corrected chi connectivity index (χ0v) is 12.3. The van der Waals surface area contributed by atoms with Crippen LogP contribution in [-0.2, 0) is 13.2 Å². The Bertz CT molecular complexity index is 543. The van der Waals surface area contributed by atoms with E-state index in [1.54, 1.807) is 13.1 Å².